The monoisotopic (exact) mass is 285 g/mol. The molecule has 9 nitrogen and oxygen atoms in total. The van der Waals surface area contributed by atoms with Gasteiger partial charge in [0.05, 0.1) is 6.61 Å². The van der Waals surface area contributed by atoms with Gasteiger partial charge in [-0.1, -0.05) is 0 Å². The van der Waals surface area contributed by atoms with Crippen molar-refractivity contribution < 1.29 is 37.8 Å². The molecular formula is C8H15NO8S. The third-order valence-electron chi connectivity index (χ3n) is 2.59. The lowest BCUT2D eigenvalue weighted by Crippen LogP contribution is -2.66. The Hall–Kier alpha value is -0.780. The Morgan fingerprint density at radius 3 is 2.33 bits per heavy atom. The van der Waals surface area contributed by atoms with Crippen molar-refractivity contribution in [3.05, 3.63) is 0 Å². The van der Waals surface area contributed by atoms with Crippen molar-refractivity contribution in [1.29, 1.82) is 0 Å². The predicted octanol–water partition coefficient (Wildman–Crippen LogP) is -3.18. The van der Waals surface area contributed by atoms with Gasteiger partial charge < -0.3 is 25.4 Å². The second kappa shape index (κ2) is 5.47. The van der Waals surface area contributed by atoms with Crippen LogP contribution in [-0.2, 0) is 19.6 Å². The number of carbonyl (C=O) groups excluding carboxylic acids is 1. The van der Waals surface area contributed by atoms with Gasteiger partial charge in [-0.05, 0) is 0 Å². The van der Waals surface area contributed by atoms with Crippen LogP contribution in [0.4, 0.5) is 0 Å². The zero-order valence-electron chi connectivity index (χ0n) is 9.42. The van der Waals surface area contributed by atoms with Crippen LogP contribution in [0.15, 0.2) is 0 Å². The van der Waals surface area contributed by atoms with Crippen molar-refractivity contribution in [3.63, 3.8) is 0 Å². The van der Waals surface area contributed by atoms with Crippen LogP contribution in [0.25, 0.3) is 0 Å². The number of carbonyl (C=O) groups is 1. The summed E-state index contributed by atoms with van der Waals surface area (Å²) in [5.41, 5.74) is 0. The minimum absolute atomic E-state index is 0.675. The van der Waals surface area contributed by atoms with Gasteiger partial charge in [0, 0.05) is 6.92 Å². The van der Waals surface area contributed by atoms with Crippen LogP contribution in [0.1, 0.15) is 6.92 Å². The number of aliphatic hydroxyl groups is 3. The van der Waals surface area contributed by atoms with Gasteiger partial charge in [-0.25, -0.2) is 0 Å². The summed E-state index contributed by atoms with van der Waals surface area (Å²) in [6.45, 7) is 0.315. The Bertz CT molecular complexity index is 409. The van der Waals surface area contributed by atoms with Gasteiger partial charge in [0.15, 0.2) is 6.29 Å². The van der Waals surface area contributed by atoms with E-state index in [0.29, 0.717) is 0 Å². The summed E-state index contributed by atoms with van der Waals surface area (Å²) >= 11 is 0. The van der Waals surface area contributed by atoms with Crippen LogP contribution in [0.5, 0.6) is 0 Å². The van der Waals surface area contributed by atoms with Crippen molar-refractivity contribution in [1.82, 2.24) is 5.32 Å². The molecule has 18 heavy (non-hydrogen) atoms. The predicted molar refractivity (Wildman–Crippen MR) is 56.9 cm³/mol. The summed E-state index contributed by atoms with van der Waals surface area (Å²) in [5, 5.41) is 28.3. The maximum Gasteiger partial charge on any atom is 0.272 e. The summed E-state index contributed by atoms with van der Waals surface area (Å²) in [4.78, 5) is 10.9. The van der Waals surface area contributed by atoms with Crippen LogP contribution in [-0.4, -0.2) is 70.6 Å². The van der Waals surface area contributed by atoms with Crippen molar-refractivity contribution in [2.75, 3.05) is 6.61 Å². The highest BCUT2D eigenvalue weighted by molar-refractivity contribution is 7.86. The molecular weight excluding hydrogens is 270 g/mol. The van der Waals surface area contributed by atoms with Crippen LogP contribution in [0, 0.1) is 0 Å². The molecule has 0 aromatic rings. The minimum atomic E-state index is -4.76. The van der Waals surface area contributed by atoms with E-state index in [-0.39, 0.29) is 0 Å². The highest BCUT2D eigenvalue weighted by atomic mass is 32.2. The van der Waals surface area contributed by atoms with E-state index in [2.05, 4.69) is 5.32 Å². The fraction of sp³-hybridized carbons (Fsp3) is 0.875. The molecule has 0 aromatic heterocycles. The third-order valence-corrected chi connectivity index (χ3v) is 3.85. The first-order valence-corrected chi connectivity index (χ1v) is 6.54. The Morgan fingerprint density at radius 1 is 1.39 bits per heavy atom. The van der Waals surface area contributed by atoms with Crippen molar-refractivity contribution >= 4 is 16.0 Å². The second-order valence-corrected chi connectivity index (χ2v) is 5.52. The molecule has 1 aliphatic rings. The molecule has 0 saturated carbocycles. The van der Waals surface area contributed by atoms with Gasteiger partial charge >= 0.3 is 0 Å². The molecule has 1 saturated heterocycles. The molecule has 10 heteroatoms. The number of hydrogen-bond donors (Lipinski definition) is 5. The van der Waals surface area contributed by atoms with Gasteiger partial charge in [0.1, 0.15) is 23.5 Å². The SMILES string of the molecule is CC(=O)N[C@@H]1[C@@H](S(=O)(=O)O)[C@@H](O)[C@@H](CO)O[C@H]1O. The van der Waals surface area contributed by atoms with E-state index in [1.807, 2.05) is 0 Å². The highest BCUT2D eigenvalue weighted by Crippen LogP contribution is 2.24. The zero-order valence-corrected chi connectivity index (χ0v) is 10.2. The summed E-state index contributed by atoms with van der Waals surface area (Å²) in [5.74, 6) is -0.675. The minimum Gasteiger partial charge on any atom is -0.394 e. The number of nitrogens with one attached hydrogen (secondary N) is 1. The van der Waals surface area contributed by atoms with Gasteiger partial charge in [-0.2, -0.15) is 8.42 Å². The van der Waals surface area contributed by atoms with Crippen molar-refractivity contribution in [2.24, 2.45) is 0 Å². The molecule has 0 unspecified atom stereocenters. The van der Waals surface area contributed by atoms with Crippen LogP contribution in [0.2, 0.25) is 0 Å². The Labute approximate surface area is 103 Å². The molecule has 1 fully saturated rings. The lowest BCUT2D eigenvalue weighted by atomic mass is 10.00. The average molecular weight is 285 g/mol. The Morgan fingerprint density at radius 2 is 1.94 bits per heavy atom. The molecule has 0 radical (unpaired) electrons. The van der Waals surface area contributed by atoms with Gasteiger partial charge in [0.25, 0.3) is 10.1 Å². The number of ether oxygens (including phenoxy) is 1. The van der Waals surface area contributed by atoms with Gasteiger partial charge in [0.2, 0.25) is 5.91 Å². The lowest BCUT2D eigenvalue weighted by Gasteiger charge is -2.40. The Kier molecular flexibility index (Phi) is 4.64. The molecule has 0 aliphatic carbocycles. The molecule has 1 aliphatic heterocycles. The summed E-state index contributed by atoms with van der Waals surface area (Å²) in [7, 11) is -4.76. The Balaban J connectivity index is 3.10. The maximum absolute atomic E-state index is 11.2. The normalized spacial score (nSPS) is 37.3. The summed E-state index contributed by atoms with van der Waals surface area (Å²) < 4.78 is 36.2. The largest absolute Gasteiger partial charge is 0.394 e. The van der Waals surface area contributed by atoms with Gasteiger partial charge in [-0.3, -0.25) is 9.35 Å². The first-order valence-electron chi connectivity index (χ1n) is 5.04. The molecule has 5 atom stereocenters. The lowest BCUT2D eigenvalue weighted by molar-refractivity contribution is -0.219. The van der Waals surface area contributed by atoms with Crippen LogP contribution >= 0.6 is 0 Å². The first kappa shape index (κ1) is 15.3. The van der Waals surface area contributed by atoms with Crippen molar-refractivity contribution in [3.8, 4) is 0 Å². The van der Waals surface area contributed by atoms with E-state index in [1.165, 1.54) is 0 Å². The maximum atomic E-state index is 11.2. The topological polar surface area (TPSA) is 153 Å². The first-order chi connectivity index (χ1) is 8.18. The number of amides is 1. The van der Waals surface area contributed by atoms with Gasteiger partial charge in [-0.15, -0.1) is 0 Å². The highest BCUT2D eigenvalue weighted by Gasteiger charge is 2.50. The molecule has 0 aromatic carbocycles. The van der Waals surface area contributed by atoms with E-state index in [1.54, 1.807) is 0 Å². The fourth-order valence-electron chi connectivity index (χ4n) is 1.83. The fourth-order valence-corrected chi connectivity index (χ4v) is 2.93. The second-order valence-electron chi connectivity index (χ2n) is 3.94. The number of hydrogen-bond acceptors (Lipinski definition) is 7. The summed E-state index contributed by atoms with van der Waals surface area (Å²) in [6, 6.07) is -1.53. The third kappa shape index (κ3) is 3.16. The molecule has 1 heterocycles. The average Bonchev–Trinajstić information content (AvgIpc) is 2.20. The van der Waals surface area contributed by atoms with E-state index in [9.17, 15) is 23.4 Å². The molecule has 1 rings (SSSR count). The molecule has 0 bridgehead atoms. The summed E-state index contributed by atoms with van der Waals surface area (Å²) in [6.07, 6.45) is -4.94. The smallest absolute Gasteiger partial charge is 0.272 e. The molecule has 106 valence electrons. The van der Waals surface area contributed by atoms with Crippen LogP contribution in [0.3, 0.4) is 0 Å². The quantitative estimate of drug-likeness (QED) is 0.340. The standard InChI is InChI=1S/C8H15NO8S/c1-3(11)9-5-7(18(14,15)16)6(12)4(2-10)17-8(5)13/h4-8,10,12-13H,2H2,1H3,(H,9,11)(H,14,15,16)/t4-,5-,6+,7-,8-/m1/s1. The van der Waals surface area contributed by atoms with E-state index >= 15 is 0 Å². The van der Waals surface area contributed by atoms with Crippen molar-refractivity contribution in [2.45, 2.75) is 36.7 Å². The molecule has 0 spiro atoms. The van der Waals surface area contributed by atoms with E-state index in [4.69, 9.17) is 14.4 Å². The molecule has 5 N–H and O–H groups in total. The zero-order chi connectivity index (χ0) is 14.1. The van der Waals surface area contributed by atoms with Crippen LogP contribution < -0.4 is 5.32 Å². The number of rotatable bonds is 3. The van der Waals surface area contributed by atoms with E-state index < -0.39 is 52.4 Å². The van der Waals surface area contributed by atoms with E-state index in [0.717, 1.165) is 6.92 Å². The molecule has 1 amide bonds. The number of aliphatic hydroxyl groups excluding tert-OH is 3.